The lowest BCUT2D eigenvalue weighted by Crippen LogP contribution is -2.51. The molecule has 0 radical (unpaired) electrons. The molecule has 0 fully saturated rings. The fraction of sp³-hybridized carbons (Fsp3) is 0.440. The summed E-state index contributed by atoms with van der Waals surface area (Å²) < 4.78 is 0. The lowest BCUT2D eigenvalue weighted by Gasteiger charge is -2.31. The number of thioether (sulfide) groups is 1. The fourth-order valence-corrected chi connectivity index (χ4v) is 4.17. The van der Waals surface area contributed by atoms with Crippen LogP contribution in [0.5, 0.6) is 0 Å². The van der Waals surface area contributed by atoms with Crippen molar-refractivity contribution < 1.29 is 9.59 Å². The van der Waals surface area contributed by atoms with E-state index in [-0.39, 0.29) is 17.9 Å². The predicted octanol–water partition coefficient (Wildman–Crippen LogP) is 5.60. The van der Waals surface area contributed by atoms with Crippen molar-refractivity contribution in [3.05, 3.63) is 70.2 Å². The van der Waals surface area contributed by atoms with Crippen LogP contribution in [0.15, 0.2) is 48.5 Å². The lowest BCUT2D eigenvalue weighted by atomic mass is 10.1. The van der Waals surface area contributed by atoms with Gasteiger partial charge in [-0.15, -0.1) is 11.8 Å². The van der Waals surface area contributed by atoms with Gasteiger partial charge in [-0.2, -0.15) is 0 Å². The Morgan fingerprint density at radius 1 is 1.00 bits per heavy atom. The monoisotopic (exact) mass is 460 g/mol. The topological polar surface area (TPSA) is 49.4 Å². The minimum absolute atomic E-state index is 0.0294. The van der Waals surface area contributed by atoms with Crippen molar-refractivity contribution >= 4 is 35.2 Å². The first-order chi connectivity index (χ1) is 14.8. The third kappa shape index (κ3) is 8.23. The number of carbonyl (C=O) groups is 2. The van der Waals surface area contributed by atoms with Crippen LogP contribution in [0.4, 0.5) is 0 Å². The Labute approximate surface area is 195 Å². The molecule has 31 heavy (non-hydrogen) atoms. The van der Waals surface area contributed by atoms with Crippen LogP contribution in [0.2, 0.25) is 5.02 Å². The van der Waals surface area contributed by atoms with E-state index in [0.29, 0.717) is 23.7 Å². The second kappa shape index (κ2) is 12.8. The lowest BCUT2D eigenvalue weighted by molar-refractivity contribution is -0.139. The van der Waals surface area contributed by atoms with Crippen molar-refractivity contribution in [3.8, 4) is 0 Å². The van der Waals surface area contributed by atoms with E-state index in [9.17, 15) is 9.59 Å². The van der Waals surface area contributed by atoms with Gasteiger partial charge in [0.2, 0.25) is 11.8 Å². The van der Waals surface area contributed by atoms with E-state index in [1.807, 2.05) is 45.0 Å². The van der Waals surface area contributed by atoms with E-state index in [4.69, 9.17) is 11.6 Å². The molecule has 0 spiro atoms. The average Bonchev–Trinajstić information content (AvgIpc) is 2.76. The number of carbonyl (C=O) groups excluding carboxylic acids is 2. The number of hydrogen-bond donors (Lipinski definition) is 1. The van der Waals surface area contributed by atoms with Gasteiger partial charge in [-0.3, -0.25) is 9.59 Å². The normalized spacial score (nSPS) is 12.8. The van der Waals surface area contributed by atoms with Gasteiger partial charge in [0, 0.05) is 23.4 Å². The molecule has 6 heteroatoms. The van der Waals surface area contributed by atoms with Crippen LogP contribution in [-0.2, 0) is 21.9 Å². The second-order valence-corrected chi connectivity index (χ2v) is 9.29. The molecule has 0 aliphatic rings. The molecule has 2 aromatic carbocycles. The molecule has 0 bridgehead atoms. The van der Waals surface area contributed by atoms with Gasteiger partial charge >= 0.3 is 0 Å². The van der Waals surface area contributed by atoms with Gasteiger partial charge in [-0.05, 0) is 49.9 Å². The summed E-state index contributed by atoms with van der Waals surface area (Å²) in [5.74, 6) is 0.964. The van der Waals surface area contributed by atoms with Gasteiger partial charge in [0.25, 0.3) is 0 Å². The molecular formula is C25H33ClN2O2S. The van der Waals surface area contributed by atoms with Crippen LogP contribution in [0, 0.1) is 6.92 Å². The highest BCUT2D eigenvalue weighted by Crippen LogP contribution is 2.19. The van der Waals surface area contributed by atoms with Gasteiger partial charge < -0.3 is 10.2 Å². The molecule has 2 unspecified atom stereocenters. The fourth-order valence-electron chi connectivity index (χ4n) is 3.17. The molecule has 0 aromatic heterocycles. The van der Waals surface area contributed by atoms with Crippen molar-refractivity contribution in [1.82, 2.24) is 10.2 Å². The van der Waals surface area contributed by atoms with Gasteiger partial charge in [-0.25, -0.2) is 0 Å². The zero-order valence-electron chi connectivity index (χ0n) is 18.9. The Balaban J connectivity index is 2.12. The number of amides is 2. The SMILES string of the molecule is CCC(C)NC(=O)C(CC)N(Cc1ccc(Cl)cc1)C(=O)CSCc1ccc(C)cc1. The van der Waals surface area contributed by atoms with Gasteiger partial charge in [0.15, 0.2) is 0 Å². The molecule has 168 valence electrons. The zero-order chi connectivity index (χ0) is 22.8. The molecule has 0 aliphatic heterocycles. The molecule has 2 rings (SSSR count). The third-order valence-electron chi connectivity index (χ3n) is 5.27. The Bertz CT molecular complexity index is 840. The summed E-state index contributed by atoms with van der Waals surface area (Å²) >= 11 is 7.59. The van der Waals surface area contributed by atoms with Crippen LogP contribution in [0.1, 0.15) is 50.3 Å². The molecule has 0 aliphatic carbocycles. The van der Waals surface area contributed by atoms with Crippen LogP contribution < -0.4 is 5.32 Å². The van der Waals surface area contributed by atoms with Crippen molar-refractivity contribution in [2.45, 2.75) is 64.9 Å². The molecule has 0 heterocycles. The van der Waals surface area contributed by atoms with E-state index < -0.39 is 6.04 Å². The van der Waals surface area contributed by atoms with Crippen molar-refractivity contribution in [2.75, 3.05) is 5.75 Å². The summed E-state index contributed by atoms with van der Waals surface area (Å²) in [5.41, 5.74) is 3.36. The number of hydrogen-bond acceptors (Lipinski definition) is 3. The maximum atomic E-state index is 13.2. The first-order valence-electron chi connectivity index (χ1n) is 10.8. The highest BCUT2D eigenvalue weighted by atomic mass is 35.5. The summed E-state index contributed by atoms with van der Waals surface area (Å²) in [7, 11) is 0. The highest BCUT2D eigenvalue weighted by molar-refractivity contribution is 7.99. The smallest absolute Gasteiger partial charge is 0.243 e. The molecule has 2 amide bonds. The van der Waals surface area contributed by atoms with Crippen LogP contribution in [0.25, 0.3) is 0 Å². The van der Waals surface area contributed by atoms with E-state index in [0.717, 1.165) is 17.7 Å². The first kappa shape index (κ1) is 25.3. The van der Waals surface area contributed by atoms with E-state index in [2.05, 4.69) is 36.5 Å². The van der Waals surface area contributed by atoms with Crippen molar-refractivity contribution in [2.24, 2.45) is 0 Å². The molecular weight excluding hydrogens is 428 g/mol. The molecule has 4 nitrogen and oxygen atoms in total. The van der Waals surface area contributed by atoms with E-state index >= 15 is 0 Å². The maximum Gasteiger partial charge on any atom is 0.243 e. The number of nitrogens with zero attached hydrogens (tertiary/aromatic N) is 1. The molecule has 2 atom stereocenters. The number of benzene rings is 2. The third-order valence-corrected chi connectivity index (χ3v) is 6.51. The van der Waals surface area contributed by atoms with Gasteiger partial charge in [0.05, 0.1) is 5.75 Å². The van der Waals surface area contributed by atoms with E-state index in [1.54, 1.807) is 16.7 Å². The molecule has 1 N–H and O–H groups in total. The number of halogens is 1. The van der Waals surface area contributed by atoms with Crippen LogP contribution in [-0.4, -0.2) is 34.6 Å². The highest BCUT2D eigenvalue weighted by Gasteiger charge is 2.29. The van der Waals surface area contributed by atoms with Gasteiger partial charge in [0.1, 0.15) is 6.04 Å². The zero-order valence-corrected chi connectivity index (χ0v) is 20.4. The van der Waals surface area contributed by atoms with E-state index in [1.165, 1.54) is 11.1 Å². The summed E-state index contributed by atoms with van der Waals surface area (Å²) in [6.45, 7) is 8.40. The maximum absolute atomic E-state index is 13.2. The summed E-state index contributed by atoms with van der Waals surface area (Å²) in [4.78, 5) is 27.9. The van der Waals surface area contributed by atoms with Crippen molar-refractivity contribution in [1.29, 1.82) is 0 Å². The number of nitrogens with one attached hydrogen (secondary N) is 1. The van der Waals surface area contributed by atoms with Gasteiger partial charge in [-0.1, -0.05) is 67.4 Å². The Kier molecular flexibility index (Phi) is 10.4. The summed E-state index contributed by atoms with van der Waals surface area (Å²) in [5, 5.41) is 3.69. The minimum Gasteiger partial charge on any atom is -0.352 e. The van der Waals surface area contributed by atoms with Crippen LogP contribution >= 0.6 is 23.4 Å². The second-order valence-electron chi connectivity index (χ2n) is 7.87. The Morgan fingerprint density at radius 3 is 2.19 bits per heavy atom. The average molecular weight is 461 g/mol. The minimum atomic E-state index is -0.503. The van der Waals surface area contributed by atoms with Crippen molar-refractivity contribution in [3.63, 3.8) is 0 Å². The predicted molar refractivity (Wildman–Crippen MR) is 131 cm³/mol. The van der Waals surface area contributed by atoms with Crippen LogP contribution in [0.3, 0.4) is 0 Å². The quantitative estimate of drug-likeness (QED) is 0.474. The molecule has 2 aromatic rings. The molecule has 0 saturated carbocycles. The number of aryl methyl sites for hydroxylation is 1. The Morgan fingerprint density at radius 2 is 1.61 bits per heavy atom. The molecule has 0 saturated heterocycles. The summed E-state index contributed by atoms with van der Waals surface area (Å²) in [6.07, 6.45) is 1.41. The first-order valence-corrected chi connectivity index (χ1v) is 12.3. The number of rotatable bonds is 11. The largest absolute Gasteiger partial charge is 0.352 e. The standard InChI is InChI=1S/C25H33ClN2O2S/c1-5-19(4)27-25(30)23(6-2)28(15-20-11-13-22(26)14-12-20)24(29)17-31-16-21-9-7-18(3)8-10-21/h7-14,19,23H,5-6,15-17H2,1-4H3,(H,27,30). The Hall–Kier alpha value is -1.98. The summed E-state index contributed by atoms with van der Waals surface area (Å²) in [6, 6.07) is 15.3.